The molecule has 4 bridgehead atoms. The first-order valence-corrected chi connectivity index (χ1v) is 10.7. The normalized spacial score (nSPS) is 33.3. The summed E-state index contributed by atoms with van der Waals surface area (Å²) < 4.78 is 28.1. The Labute approximate surface area is 173 Å². The van der Waals surface area contributed by atoms with Gasteiger partial charge in [-0.2, -0.15) is 0 Å². The van der Waals surface area contributed by atoms with Gasteiger partial charge < -0.3 is 23.7 Å². The molecule has 29 heavy (non-hydrogen) atoms. The molecule has 0 spiro atoms. The van der Waals surface area contributed by atoms with Gasteiger partial charge >= 0.3 is 11.9 Å². The minimum Gasteiger partial charge on any atom is -0.460 e. The minimum atomic E-state index is -0.566. The molecule has 0 saturated heterocycles. The third-order valence-corrected chi connectivity index (χ3v) is 6.22. The van der Waals surface area contributed by atoms with E-state index in [-0.39, 0.29) is 24.4 Å². The van der Waals surface area contributed by atoms with Crippen molar-refractivity contribution in [3.8, 4) is 0 Å². The molecule has 0 aromatic rings. The Bertz CT molecular complexity index is 615. The zero-order valence-electron chi connectivity index (χ0n) is 17.9. The molecule has 3 atom stereocenters. The second-order valence-corrected chi connectivity index (χ2v) is 8.89. The molecular formula is C22H34O7. The summed E-state index contributed by atoms with van der Waals surface area (Å²) in [5.41, 5.74) is -0.188. The average Bonchev–Trinajstić information content (AvgIpc) is 2.62. The van der Waals surface area contributed by atoms with Gasteiger partial charge in [-0.25, -0.2) is 9.59 Å². The predicted octanol–water partition coefficient (Wildman–Crippen LogP) is 3.16. The number of ether oxygens (including phenoxy) is 5. The molecule has 4 saturated carbocycles. The van der Waals surface area contributed by atoms with Gasteiger partial charge in [0.2, 0.25) is 0 Å². The second kappa shape index (κ2) is 9.14. The molecule has 0 aliphatic heterocycles. The Kier molecular flexibility index (Phi) is 7.02. The van der Waals surface area contributed by atoms with E-state index >= 15 is 0 Å². The topological polar surface area (TPSA) is 80.3 Å². The summed E-state index contributed by atoms with van der Waals surface area (Å²) in [6, 6.07) is 0. The summed E-state index contributed by atoms with van der Waals surface area (Å²) in [4.78, 5) is 23.6. The van der Waals surface area contributed by atoms with Crippen molar-refractivity contribution in [2.24, 2.45) is 11.8 Å². The zero-order chi connectivity index (χ0) is 21.1. The van der Waals surface area contributed by atoms with Crippen molar-refractivity contribution >= 4 is 11.9 Å². The molecule has 7 heteroatoms. The van der Waals surface area contributed by atoms with Crippen LogP contribution >= 0.6 is 0 Å². The third-order valence-electron chi connectivity index (χ3n) is 6.22. The predicted molar refractivity (Wildman–Crippen MR) is 105 cm³/mol. The molecule has 3 unspecified atom stereocenters. The van der Waals surface area contributed by atoms with Crippen molar-refractivity contribution in [3.63, 3.8) is 0 Å². The molecule has 0 amide bonds. The van der Waals surface area contributed by atoms with E-state index in [1.165, 1.54) is 6.42 Å². The van der Waals surface area contributed by atoms with E-state index < -0.39 is 18.2 Å². The van der Waals surface area contributed by atoms with E-state index in [0.29, 0.717) is 30.6 Å². The van der Waals surface area contributed by atoms with Crippen molar-refractivity contribution < 1.29 is 33.3 Å². The molecule has 4 rings (SSSR count). The van der Waals surface area contributed by atoms with Crippen molar-refractivity contribution in [3.05, 3.63) is 12.2 Å². The molecule has 0 aromatic carbocycles. The number of carbonyl (C=O) groups is 2. The molecule has 0 aromatic heterocycles. The fourth-order valence-electron chi connectivity index (χ4n) is 5.65. The summed E-state index contributed by atoms with van der Waals surface area (Å²) in [5.74, 6) is 0.308. The maximum Gasteiger partial charge on any atom is 0.334 e. The van der Waals surface area contributed by atoms with Crippen LogP contribution in [0.2, 0.25) is 0 Å². The summed E-state index contributed by atoms with van der Waals surface area (Å²) in [5, 5.41) is 0. The molecule has 0 radical (unpaired) electrons. The second-order valence-electron chi connectivity index (χ2n) is 8.89. The minimum absolute atomic E-state index is 0.0663. The fraction of sp³-hybridized carbons (Fsp3) is 0.818. The maximum atomic E-state index is 12.1. The van der Waals surface area contributed by atoms with Crippen LogP contribution in [-0.4, -0.2) is 55.9 Å². The Morgan fingerprint density at radius 3 is 2.28 bits per heavy atom. The number of hydrogen-bond donors (Lipinski definition) is 0. The lowest BCUT2D eigenvalue weighted by Crippen LogP contribution is -2.61. The van der Waals surface area contributed by atoms with Crippen LogP contribution in [-0.2, 0) is 33.3 Å². The van der Waals surface area contributed by atoms with Crippen LogP contribution in [0.1, 0.15) is 59.3 Å². The molecular weight excluding hydrogens is 376 g/mol. The van der Waals surface area contributed by atoms with E-state index in [9.17, 15) is 9.59 Å². The highest BCUT2D eigenvalue weighted by Crippen LogP contribution is 2.60. The molecule has 0 heterocycles. The van der Waals surface area contributed by atoms with Crippen molar-refractivity contribution in [1.82, 2.24) is 0 Å². The summed E-state index contributed by atoms with van der Waals surface area (Å²) in [7, 11) is 0. The van der Waals surface area contributed by atoms with Gasteiger partial charge in [0.25, 0.3) is 0 Å². The first-order valence-electron chi connectivity index (χ1n) is 10.7. The van der Waals surface area contributed by atoms with Crippen LogP contribution in [0.5, 0.6) is 0 Å². The number of hydrogen-bond acceptors (Lipinski definition) is 7. The van der Waals surface area contributed by atoms with Crippen LogP contribution in [0.4, 0.5) is 0 Å². The van der Waals surface area contributed by atoms with Gasteiger partial charge in [-0.1, -0.05) is 6.58 Å². The monoisotopic (exact) mass is 410 g/mol. The molecule has 0 N–H and O–H groups in total. The van der Waals surface area contributed by atoms with Crippen molar-refractivity contribution in [2.75, 3.05) is 26.4 Å². The van der Waals surface area contributed by atoms with Gasteiger partial charge in [0.1, 0.15) is 13.2 Å². The Morgan fingerprint density at radius 1 is 1.07 bits per heavy atom. The number of carbonyl (C=O) groups excluding carboxylic acids is 2. The quantitative estimate of drug-likeness (QED) is 0.224. The van der Waals surface area contributed by atoms with Gasteiger partial charge in [-0.15, -0.1) is 0 Å². The maximum absolute atomic E-state index is 12.1. The largest absolute Gasteiger partial charge is 0.460 e. The van der Waals surface area contributed by atoms with Gasteiger partial charge in [0, 0.05) is 18.6 Å². The Morgan fingerprint density at radius 2 is 1.69 bits per heavy atom. The van der Waals surface area contributed by atoms with Gasteiger partial charge in [0.15, 0.2) is 6.29 Å². The standard InChI is InChI=1S/C22H34O7/c1-5-25-16(4)29-19(23)13-28-22-11-17-8-18(12-22)10-21(9-17,14-22)27-7-6-26-20(24)15(2)3/h16-18H,2,5-14H2,1,3-4H3. The first-order chi connectivity index (χ1) is 13.7. The lowest BCUT2D eigenvalue weighted by atomic mass is 9.52. The van der Waals surface area contributed by atoms with Gasteiger partial charge in [-0.3, -0.25) is 0 Å². The van der Waals surface area contributed by atoms with Gasteiger partial charge in [0.05, 0.1) is 17.8 Å². The summed E-state index contributed by atoms with van der Waals surface area (Å²) >= 11 is 0. The van der Waals surface area contributed by atoms with Gasteiger partial charge in [-0.05, 0) is 64.7 Å². The average molecular weight is 411 g/mol. The lowest BCUT2D eigenvalue weighted by molar-refractivity contribution is -0.243. The summed E-state index contributed by atoms with van der Waals surface area (Å²) in [6.07, 6.45) is 5.36. The summed E-state index contributed by atoms with van der Waals surface area (Å²) in [6.45, 7) is 9.78. The Hall–Kier alpha value is -1.44. The SMILES string of the molecule is C=C(C)C(=O)OCCOC12CC3CC(C1)CC(OCC(=O)OC(C)OCC)(C3)C2. The molecule has 4 aliphatic carbocycles. The molecule has 4 fully saturated rings. The van der Waals surface area contributed by atoms with Crippen LogP contribution in [0, 0.1) is 11.8 Å². The highest BCUT2D eigenvalue weighted by Gasteiger charge is 2.59. The Balaban J connectivity index is 1.52. The highest BCUT2D eigenvalue weighted by molar-refractivity contribution is 5.86. The zero-order valence-corrected chi connectivity index (χ0v) is 17.9. The molecule has 164 valence electrons. The van der Waals surface area contributed by atoms with Crippen LogP contribution in [0.25, 0.3) is 0 Å². The number of rotatable bonds is 11. The van der Waals surface area contributed by atoms with E-state index in [4.69, 9.17) is 23.7 Å². The third kappa shape index (κ3) is 5.58. The number of esters is 2. The van der Waals surface area contributed by atoms with Crippen molar-refractivity contribution in [1.29, 1.82) is 0 Å². The molecule has 7 nitrogen and oxygen atoms in total. The van der Waals surface area contributed by atoms with E-state index in [2.05, 4.69) is 6.58 Å². The van der Waals surface area contributed by atoms with Crippen LogP contribution < -0.4 is 0 Å². The van der Waals surface area contributed by atoms with Crippen LogP contribution in [0.3, 0.4) is 0 Å². The molecule has 4 aliphatic rings. The smallest absolute Gasteiger partial charge is 0.334 e. The first kappa shape index (κ1) is 22.2. The lowest BCUT2D eigenvalue weighted by Gasteiger charge is -2.61. The van der Waals surface area contributed by atoms with E-state index in [1.54, 1.807) is 13.8 Å². The van der Waals surface area contributed by atoms with E-state index in [1.807, 2.05) is 6.92 Å². The fourth-order valence-corrected chi connectivity index (χ4v) is 5.65. The van der Waals surface area contributed by atoms with Crippen molar-refractivity contribution in [2.45, 2.75) is 76.8 Å². The van der Waals surface area contributed by atoms with Crippen LogP contribution in [0.15, 0.2) is 12.2 Å². The van der Waals surface area contributed by atoms with E-state index in [0.717, 1.165) is 32.1 Å². The highest BCUT2D eigenvalue weighted by atomic mass is 16.7.